The summed E-state index contributed by atoms with van der Waals surface area (Å²) in [7, 11) is 0. The van der Waals surface area contributed by atoms with Gasteiger partial charge in [0.05, 0.1) is 0 Å². The Balaban J connectivity index is 2.40. The lowest BCUT2D eigenvalue weighted by molar-refractivity contribution is 0.0851. The second-order valence-corrected chi connectivity index (χ2v) is 4.85. The Bertz CT molecular complexity index is 140. The highest BCUT2D eigenvalue weighted by Crippen LogP contribution is 2.25. The zero-order valence-electron chi connectivity index (χ0n) is 9.71. The Morgan fingerprint density at radius 2 is 2.08 bits per heavy atom. The second-order valence-electron chi connectivity index (χ2n) is 4.85. The first-order valence-electron chi connectivity index (χ1n) is 5.90. The van der Waals surface area contributed by atoms with Crippen LogP contribution < -0.4 is 0 Å². The quantitative estimate of drug-likeness (QED) is 0.649. The van der Waals surface area contributed by atoms with Gasteiger partial charge in [0.1, 0.15) is 0 Å². The standard InChI is InChI=1S/C12H25N/c1-5-6-11(3)13-8-7-10(2)9-12(13)4/h10-12H,5-9H2,1-4H3. The Morgan fingerprint density at radius 3 is 2.62 bits per heavy atom. The number of rotatable bonds is 3. The number of nitrogens with zero attached hydrogens (tertiary/aromatic N) is 1. The maximum absolute atomic E-state index is 2.70. The van der Waals surface area contributed by atoms with Crippen LogP contribution in [0.5, 0.6) is 0 Å². The average Bonchev–Trinajstić information content (AvgIpc) is 2.04. The predicted octanol–water partition coefficient (Wildman–Crippen LogP) is 3.30. The van der Waals surface area contributed by atoms with E-state index >= 15 is 0 Å². The third-order valence-electron chi connectivity index (χ3n) is 3.46. The van der Waals surface area contributed by atoms with Gasteiger partial charge in [-0.25, -0.2) is 0 Å². The molecule has 1 heteroatoms. The van der Waals surface area contributed by atoms with E-state index in [0.29, 0.717) is 0 Å². The van der Waals surface area contributed by atoms with Crippen molar-refractivity contribution in [3.8, 4) is 0 Å². The van der Waals surface area contributed by atoms with Gasteiger partial charge in [-0.2, -0.15) is 0 Å². The molecule has 0 amide bonds. The van der Waals surface area contributed by atoms with Crippen LogP contribution in [0.4, 0.5) is 0 Å². The van der Waals surface area contributed by atoms with Crippen molar-refractivity contribution in [1.29, 1.82) is 0 Å². The van der Waals surface area contributed by atoms with E-state index in [9.17, 15) is 0 Å². The number of likely N-dealkylation sites (tertiary alicyclic amines) is 1. The van der Waals surface area contributed by atoms with Crippen LogP contribution >= 0.6 is 0 Å². The SMILES string of the molecule is CCCC(C)N1CCC(C)CC1C. The lowest BCUT2D eigenvalue weighted by atomic mass is 9.91. The van der Waals surface area contributed by atoms with Gasteiger partial charge >= 0.3 is 0 Å². The topological polar surface area (TPSA) is 3.24 Å². The van der Waals surface area contributed by atoms with Crippen molar-refractivity contribution in [3.05, 3.63) is 0 Å². The molecule has 1 aliphatic rings. The fraction of sp³-hybridized carbons (Fsp3) is 1.00. The van der Waals surface area contributed by atoms with Crippen LogP contribution in [-0.2, 0) is 0 Å². The van der Waals surface area contributed by atoms with E-state index in [1.807, 2.05) is 0 Å². The lowest BCUT2D eigenvalue weighted by Crippen LogP contribution is -2.45. The first kappa shape index (κ1) is 11.0. The Labute approximate surface area is 83.5 Å². The summed E-state index contributed by atoms with van der Waals surface area (Å²) in [6, 6.07) is 1.61. The van der Waals surface area contributed by atoms with Crippen molar-refractivity contribution in [2.45, 2.75) is 65.5 Å². The monoisotopic (exact) mass is 183 g/mol. The predicted molar refractivity (Wildman–Crippen MR) is 58.9 cm³/mol. The zero-order valence-corrected chi connectivity index (χ0v) is 9.71. The first-order chi connectivity index (χ1) is 6.15. The number of piperidine rings is 1. The summed E-state index contributed by atoms with van der Waals surface area (Å²) in [5.74, 6) is 0.945. The largest absolute Gasteiger partial charge is 0.298 e. The summed E-state index contributed by atoms with van der Waals surface area (Å²) in [6.07, 6.45) is 5.48. The van der Waals surface area contributed by atoms with Gasteiger partial charge < -0.3 is 0 Å². The molecule has 1 nitrogen and oxygen atoms in total. The van der Waals surface area contributed by atoms with Gasteiger partial charge in [-0.15, -0.1) is 0 Å². The summed E-state index contributed by atoms with van der Waals surface area (Å²) in [6.45, 7) is 10.8. The summed E-state index contributed by atoms with van der Waals surface area (Å²) < 4.78 is 0. The van der Waals surface area contributed by atoms with E-state index in [1.165, 1.54) is 32.2 Å². The maximum atomic E-state index is 2.70. The lowest BCUT2D eigenvalue weighted by Gasteiger charge is -2.40. The maximum Gasteiger partial charge on any atom is 0.00722 e. The minimum absolute atomic E-state index is 0.799. The van der Waals surface area contributed by atoms with Crippen molar-refractivity contribution < 1.29 is 0 Å². The van der Waals surface area contributed by atoms with Gasteiger partial charge in [-0.3, -0.25) is 4.90 Å². The van der Waals surface area contributed by atoms with Crippen LogP contribution in [0.3, 0.4) is 0 Å². The molecule has 0 aliphatic carbocycles. The fourth-order valence-electron chi connectivity index (χ4n) is 2.66. The van der Waals surface area contributed by atoms with Gasteiger partial charge in [0.2, 0.25) is 0 Å². The molecule has 0 spiro atoms. The molecular weight excluding hydrogens is 158 g/mol. The molecule has 78 valence electrons. The smallest absolute Gasteiger partial charge is 0.00722 e. The average molecular weight is 183 g/mol. The molecule has 1 heterocycles. The van der Waals surface area contributed by atoms with Gasteiger partial charge in [0, 0.05) is 12.1 Å². The molecule has 0 bridgehead atoms. The fourth-order valence-corrected chi connectivity index (χ4v) is 2.66. The normalized spacial score (nSPS) is 33.2. The van der Waals surface area contributed by atoms with Crippen molar-refractivity contribution in [3.63, 3.8) is 0 Å². The highest BCUT2D eigenvalue weighted by Gasteiger charge is 2.25. The molecule has 0 aromatic heterocycles. The van der Waals surface area contributed by atoms with Crippen LogP contribution in [0.25, 0.3) is 0 Å². The third kappa shape index (κ3) is 2.98. The van der Waals surface area contributed by atoms with Crippen molar-refractivity contribution in [2.24, 2.45) is 5.92 Å². The van der Waals surface area contributed by atoms with Gasteiger partial charge in [-0.05, 0) is 45.6 Å². The summed E-state index contributed by atoms with van der Waals surface area (Å²) in [5, 5.41) is 0. The van der Waals surface area contributed by atoms with E-state index in [4.69, 9.17) is 0 Å². The molecule has 0 radical (unpaired) electrons. The molecule has 0 saturated carbocycles. The third-order valence-corrected chi connectivity index (χ3v) is 3.46. The van der Waals surface area contributed by atoms with Gasteiger partial charge in [-0.1, -0.05) is 20.3 Å². The Kier molecular flexibility index (Phi) is 4.24. The molecule has 1 fully saturated rings. The molecule has 0 aromatic carbocycles. The van der Waals surface area contributed by atoms with E-state index in [1.54, 1.807) is 0 Å². The second kappa shape index (κ2) is 4.99. The summed E-state index contributed by atoms with van der Waals surface area (Å²) in [5.41, 5.74) is 0. The van der Waals surface area contributed by atoms with Gasteiger partial charge in [0.15, 0.2) is 0 Å². The van der Waals surface area contributed by atoms with E-state index in [0.717, 1.165) is 18.0 Å². The van der Waals surface area contributed by atoms with Crippen LogP contribution in [0.15, 0.2) is 0 Å². The minimum atomic E-state index is 0.799. The molecule has 0 N–H and O–H groups in total. The van der Waals surface area contributed by atoms with Crippen molar-refractivity contribution >= 4 is 0 Å². The Morgan fingerprint density at radius 1 is 1.38 bits per heavy atom. The van der Waals surface area contributed by atoms with Crippen LogP contribution in [0.1, 0.15) is 53.4 Å². The van der Waals surface area contributed by atoms with E-state index in [-0.39, 0.29) is 0 Å². The summed E-state index contributed by atoms with van der Waals surface area (Å²) in [4.78, 5) is 2.70. The Hall–Kier alpha value is -0.0400. The molecule has 3 unspecified atom stereocenters. The molecule has 1 aliphatic heterocycles. The molecular formula is C12H25N. The summed E-state index contributed by atoms with van der Waals surface area (Å²) >= 11 is 0. The van der Waals surface area contributed by atoms with E-state index < -0.39 is 0 Å². The first-order valence-corrected chi connectivity index (χ1v) is 5.90. The van der Waals surface area contributed by atoms with E-state index in [2.05, 4.69) is 32.6 Å². The minimum Gasteiger partial charge on any atom is -0.298 e. The van der Waals surface area contributed by atoms with Crippen molar-refractivity contribution in [1.82, 2.24) is 4.90 Å². The molecule has 13 heavy (non-hydrogen) atoms. The van der Waals surface area contributed by atoms with Gasteiger partial charge in [0.25, 0.3) is 0 Å². The zero-order chi connectivity index (χ0) is 9.84. The molecule has 3 atom stereocenters. The molecule has 1 rings (SSSR count). The molecule has 0 aromatic rings. The van der Waals surface area contributed by atoms with Crippen molar-refractivity contribution in [2.75, 3.05) is 6.54 Å². The highest BCUT2D eigenvalue weighted by atomic mass is 15.2. The number of hydrogen-bond acceptors (Lipinski definition) is 1. The van der Waals surface area contributed by atoms with Crippen LogP contribution in [0, 0.1) is 5.92 Å². The number of hydrogen-bond donors (Lipinski definition) is 0. The molecule has 1 saturated heterocycles. The van der Waals surface area contributed by atoms with Crippen LogP contribution in [-0.4, -0.2) is 23.5 Å². The van der Waals surface area contributed by atoms with Crippen LogP contribution in [0.2, 0.25) is 0 Å². The highest BCUT2D eigenvalue weighted by molar-refractivity contribution is 4.80.